The van der Waals surface area contributed by atoms with Gasteiger partial charge in [0, 0.05) is 17.3 Å². The van der Waals surface area contributed by atoms with Crippen molar-refractivity contribution >= 4 is 0 Å². The molecule has 1 saturated carbocycles. The van der Waals surface area contributed by atoms with Gasteiger partial charge >= 0.3 is 0 Å². The monoisotopic (exact) mass is 289 g/mol. The first-order valence-electron chi connectivity index (χ1n) is 8.37. The van der Waals surface area contributed by atoms with E-state index in [4.69, 9.17) is 15.7 Å². The minimum Gasteiger partial charge on any atom is -0.330 e. The molecule has 1 aromatic rings. The van der Waals surface area contributed by atoms with Gasteiger partial charge in [-0.25, -0.2) is 9.97 Å². The zero-order valence-corrected chi connectivity index (χ0v) is 14.4. The van der Waals surface area contributed by atoms with Gasteiger partial charge in [-0.05, 0) is 69.4 Å². The van der Waals surface area contributed by atoms with Crippen LogP contribution < -0.4 is 5.73 Å². The van der Waals surface area contributed by atoms with Crippen molar-refractivity contribution < 1.29 is 0 Å². The Labute approximate surface area is 129 Å². The van der Waals surface area contributed by atoms with Crippen LogP contribution in [0.2, 0.25) is 0 Å². The van der Waals surface area contributed by atoms with Crippen molar-refractivity contribution in [3.8, 4) is 0 Å². The van der Waals surface area contributed by atoms with Gasteiger partial charge < -0.3 is 5.73 Å². The normalized spacial score (nSPS) is 23.3. The molecule has 0 aromatic carbocycles. The topological polar surface area (TPSA) is 51.8 Å². The lowest BCUT2D eigenvalue weighted by molar-refractivity contribution is 0.167. The van der Waals surface area contributed by atoms with Gasteiger partial charge in [-0.3, -0.25) is 0 Å². The number of hydrogen-bond donors (Lipinski definition) is 1. The molecule has 1 heterocycles. The Bertz CT molecular complexity index is 457. The van der Waals surface area contributed by atoms with Crippen LogP contribution in [0.1, 0.15) is 75.1 Å². The van der Waals surface area contributed by atoms with Crippen LogP contribution >= 0.6 is 0 Å². The van der Waals surface area contributed by atoms with Crippen LogP contribution in [-0.2, 0) is 6.42 Å². The summed E-state index contributed by atoms with van der Waals surface area (Å²) in [5.41, 5.74) is 9.60. The zero-order chi connectivity index (χ0) is 15.6. The molecule has 1 aliphatic carbocycles. The first kappa shape index (κ1) is 16.4. The zero-order valence-electron chi connectivity index (χ0n) is 14.4. The average molecular weight is 289 g/mol. The second kappa shape index (κ2) is 6.43. The highest BCUT2D eigenvalue weighted by molar-refractivity contribution is 5.25. The summed E-state index contributed by atoms with van der Waals surface area (Å²) in [6.45, 7) is 12.0. The Kier molecular flexibility index (Phi) is 5.03. The molecule has 21 heavy (non-hydrogen) atoms. The maximum atomic E-state index is 5.68. The van der Waals surface area contributed by atoms with Crippen LogP contribution in [0.4, 0.5) is 0 Å². The van der Waals surface area contributed by atoms with E-state index >= 15 is 0 Å². The van der Waals surface area contributed by atoms with Gasteiger partial charge in [-0.15, -0.1) is 0 Å². The molecule has 0 atom stereocenters. The second-order valence-corrected chi connectivity index (χ2v) is 7.68. The summed E-state index contributed by atoms with van der Waals surface area (Å²) in [5.74, 6) is 2.46. The summed E-state index contributed by atoms with van der Waals surface area (Å²) in [6.07, 6.45) is 5.96. The van der Waals surface area contributed by atoms with E-state index in [1.54, 1.807) is 0 Å². The molecule has 1 fully saturated rings. The molecule has 118 valence electrons. The summed E-state index contributed by atoms with van der Waals surface area (Å²) in [7, 11) is 0. The number of hydrogen-bond acceptors (Lipinski definition) is 3. The van der Waals surface area contributed by atoms with Gasteiger partial charge in [0.25, 0.3) is 0 Å². The molecule has 0 amide bonds. The number of nitrogens with zero attached hydrogens (tertiary/aromatic N) is 2. The minimum atomic E-state index is 0.433. The van der Waals surface area contributed by atoms with E-state index in [0.717, 1.165) is 29.6 Å². The fourth-order valence-corrected chi connectivity index (χ4v) is 3.67. The molecule has 0 radical (unpaired) electrons. The molecule has 0 bridgehead atoms. The van der Waals surface area contributed by atoms with Gasteiger partial charge in [0.2, 0.25) is 0 Å². The smallest absolute Gasteiger partial charge is 0.131 e. The molecular weight excluding hydrogens is 258 g/mol. The van der Waals surface area contributed by atoms with E-state index in [-0.39, 0.29) is 0 Å². The summed E-state index contributed by atoms with van der Waals surface area (Å²) >= 11 is 0. The molecule has 2 N–H and O–H groups in total. The molecule has 0 unspecified atom stereocenters. The lowest BCUT2D eigenvalue weighted by atomic mass is 9.69. The Balaban J connectivity index is 2.11. The largest absolute Gasteiger partial charge is 0.330 e. The third-order valence-electron chi connectivity index (χ3n) is 5.15. The third-order valence-corrected chi connectivity index (χ3v) is 5.15. The van der Waals surface area contributed by atoms with Crippen LogP contribution in [0.15, 0.2) is 0 Å². The number of aromatic nitrogens is 2. The molecule has 0 saturated heterocycles. The van der Waals surface area contributed by atoms with E-state index in [0.29, 0.717) is 17.9 Å². The van der Waals surface area contributed by atoms with E-state index in [1.807, 2.05) is 0 Å². The van der Waals surface area contributed by atoms with Crippen molar-refractivity contribution in [1.29, 1.82) is 0 Å². The molecule has 3 heteroatoms. The highest BCUT2D eigenvalue weighted by Crippen LogP contribution is 2.42. The van der Waals surface area contributed by atoms with Crippen molar-refractivity contribution in [2.24, 2.45) is 17.1 Å². The predicted octanol–water partition coefficient (Wildman–Crippen LogP) is 3.91. The van der Waals surface area contributed by atoms with E-state index < -0.39 is 0 Å². The molecule has 0 spiro atoms. The predicted molar refractivity (Wildman–Crippen MR) is 88.4 cm³/mol. The molecular formula is C18H31N3. The van der Waals surface area contributed by atoms with Gasteiger partial charge in [-0.1, -0.05) is 20.8 Å². The number of aryl methyl sites for hydroxylation is 2. The number of nitrogens with two attached hydrogens (primary N) is 1. The summed E-state index contributed by atoms with van der Waals surface area (Å²) in [6, 6.07) is 0. The molecule has 2 rings (SSSR count). The van der Waals surface area contributed by atoms with E-state index in [9.17, 15) is 0 Å². The van der Waals surface area contributed by atoms with Gasteiger partial charge in [-0.2, -0.15) is 0 Å². The molecule has 1 aliphatic rings. The van der Waals surface area contributed by atoms with Crippen LogP contribution in [-0.4, -0.2) is 16.5 Å². The SMILES string of the molecule is Cc1nc(C2CCC(C(C)(C)C)CC2)nc(C)c1CCN. The van der Waals surface area contributed by atoms with Crippen LogP contribution in [0.5, 0.6) is 0 Å². The lowest BCUT2D eigenvalue weighted by Crippen LogP contribution is -2.26. The number of rotatable bonds is 3. The van der Waals surface area contributed by atoms with Gasteiger partial charge in [0.1, 0.15) is 5.82 Å². The van der Waals surface area contributed by atoms with E-state index in [1.165, 1.54) is 31.2 Å². The summed E-state index contributed by atoms with van der Waals surface area (Å²) in [4.78, 5) is 9.59. The molecule has 0 aliphatic heterocycles. The standard InChI is InChI=1S/C18H31N3/c1-12-16(10-11-19)13(2)21-17(20-12)14-6-8-15(9-7-14)18(3,4)5/h14-15H,6-11,19H2,1-5H3. The first-order valence-corrected chi connectivity index (χ1v) is 8.37. The highest BCUT2D eigenvalue weighted by Gasteiger charge is 2.31. The van der Waals surface area contributed by atoms with Crippen molar-refractivity contribution in [3.63, 3.8) is 0 Å². The third kappa shape index (κ3) is 3.82. The lowest BCUT2D eigenvalue weighted by Gasteiger charge is -2.36. The Morgan fingerprint density at radius 3 is 1.95 bits per heavy atom. The minimum absolute atomic E-state index is 0.433. The Morgan fingerprint density at radius 1 is 1.00 bits per heavy atom. The van der Waals surface area contributed by atoms with Crippen molar-refractivity contribution in [1.82, 2.24) is 9.97 Å². The molecule has 1 aromatic heterocycles. The average Bonchev–Trinajstić information content (AvgIpc) is 2.42. The van der Waals surface area contributed by atoms with Crippen molar-refractivity contribution in [3.05, 3.63) is 22.8 Å². The van der Waals surface area contributed by atoms with Crippen LogP contribution in [0.3, 0.4) is 0 Å². The summed E-state index contributed by atoms with van der Waals surface area (Å²) in [5, 5.41) is 0. The van der Waals surface area contributed by atoms with Crippen LogP contribution in [0.25, 0.3) is 0 Å². The first-order chi connectivity index (χ1) is 9.82. The Hall–Kier alpha value is -0.960. The Morgan fingerprint density at radius 2 is 1.52 bits per heavy atom. The van der Waals surface area contributed by atoms with Gasteiger partial charge in [0.05, 0.1) is 0 Å². The summed E-state index contributed by atoms with van der Waals surface area (Å²) < 4.78 is 0. The molecule has 3 nitrogen and oxygen atoms in total. The van der Waals surface area contributed by atoms with Crippen LogP contribution in [0, 0.1) is 25.2 Å². The highest BCUT2D eigenvalue weighted by atomic mass is 14.9. The quantitative estimate of drug-likeness (QED) is 0.917. The fourth-order valence-electron chi connectivity index (χ4n) is 3.67. The van der Waals surface area contributed by atoms with Gasteiger partial charge in [0.15, 0.2) is 0 Å². The maximum absolute atomic E-state index is 5.68. The fraction of sp³-hybridized carbons (Fsp3) is 0.778. The maximum Gasteiger partial charge on any atom is 0.131 e. The van der Waals surface area contributed by atoms with Crippen molar-refractivity contribution in [2.45, 2.75) is 72.6 Å². The van der Waals surface area contributed by atoms with Crippen molar-refractivity contribution in [2.75, 3.05) is 6.54 Å². The van der Waals surface area contributed by atoms with E-state index in [2.05, 4.69) is 34.6 Å². The second-order valence-electron chi connectivity index (χ2n) is 7.68.